The molecular formula is C32H68O15P4S3. The van der Waals surface area contributed by atoms with Gasteiger partial charge in [-0.15, -0.1) is 0 Å². The van der Waals surface area contributed by atoms with Gasteiger partial charge in [0.15, 0.2) is 0 Å². The van der Waals surface area contributed by atoms with Crippen LogP contribution in [0.1, 0.15) is 96.4 Å². The van der Waals surface area contributed by atoms with E-state index >= 15 is 0 Å². The highest BCUT2D eigenvalue weighted by Crippen LogP contribution is 2.67. The summed E-state index contributed by atoms with van der Waals surface area (Å²) in [6, 6.07) is 0. The molecule has 0 aromatic heterocycles. The second-order valence-electron chi connectivity index (χ2n) is 14.5. The molecule has 15 nitrogen and oxygen atoms in total. The molecular weight excluding hydrogens is 844 g/mol. The van der Waals surface area contributed by atoms with Gasteiger partial charge in [0.2, 0.25) is 0 Å². The van der Waals surface area contributed by atoms with Gasteiger partial charge in [-0.05, 0) is 92.4 Å². The second-order valence-corrected chi connectivity index (χ2v) is 28.4. The molecule has 0 saturated heterocycles. The number of esters is 1. The predicted molar refractivity (Wildman–Crippen MR) is 221 cm³/mol. The number of phosphoric ester groups is 1. The Kier molecular flexibility index (Phi) is 28.3. The minimum absolute atomic E-state index is 0.00173. The predicted octanol–water partition coefficient (Wildman–Crippen LogP) is 11.5. The van der Waals surface area contributed by atoms with Crippen molar-refractivity contribution in [1.82, 2.24) is 0 Å². The summed E-state index contributed by atoms with van der Waals surface area (Å²) in [6.45, 7) is 12.5. The summed E-state index contributed by atoms with van der Waals surface area (Å²) in [7, 11) is -2.73. The van der Waals surface area contributed by atoms with Crippen LogP contribution in [0.5, 0.6) is 0 Å². The quantitative estimate of drug-likeness (QED) is 0.0448. The Hall–Kier alpha value is 1.08. The smallest absolute Gasteiger partial charge is 0.469 e. The number of carbonyl (C=O) groups excluding carboxylic acids is 1. The van der Waals surface area contributed by atoms with Crippen LogP contribution in [0.25, 0.3) is 0 Å². The van der Waals surface area contributed by atoms with Gasteiger partial charge in [-0.3, -0.25) is 36.5 Å². The summed E-state index contributed by atoms with van der Waals surface area (Å²) < 4.78 is 111. The number of phosphoric acid groups is 1. The molecule has 22 heteroatoms. The highest BCUT2D eigenvalue weighted by atomic mass is 32.7. The van der Waals surface area contributed by atoms with Gasteiger partial charge in [-0.2, -0.15) is 0 Å². The maximum Gasteiger partial charge on any atom is 0.474 e. The third kappa shape index (κ3) is 27.7. The van der Waals surface area contributed by atoms with Crippen LogP contribution in [0.2, 0.25) is 0 Å². The minimum Gasteiger partial charge on any atom is -0.469 e. The fourth-order valence-electron chi connectivity index (χ4n) is 3.30. The monoisotopic (exact) mass is 912 g/mol. The van der Waals surface area contributed by atoms with E-state index in [1.807, 2.05) is 55.4 Å². The number of ether oxygens (including phenoxy) is 1. The molecule has 0 aliphatic carbocycles. The third-order valence-corrected chi connectivity index (χ3v) is 19.1. The molecule has 5 unspecified atom stereocenters. The molecule has 0 bridgehead atoms. The Morgan fingerprint density at radius 2 is 0.852 bits per heavy atom. The lowest BCUT2D eigenvalue weighted by Crippen LogP contribution is -2.19. The van der Waals surface area contributed by atoms with Crippen LogP contribution < -0.4 is 0 Å². The van der Waals surface area contributed by atoms with Gasteiger partial charge in [0.1, 0.15) is 0 Å². The van der Waals surface area contributed by atoms with E-state index in [-0.39, 0.29) is 80.4 Å². The third-order valence-electron chi connectivity index (χ3n) is 5.72. The van der Waals surface area contributed by atoms with Gasteiger partial charge in [-0.25, -0.2) is 18.3 Å². The summed E-state index contributed by atoms with van der Waals surface area (Å²) in [6.07, 6.45) is -2.95. The Morgan fingerprint density at radius 1 is 0.481 bits per heavy atom. The summed E-state index contributed by atoms with van der Waals surface area (Å²) in [5.41, 5.74) is 0. The SMILES string of the molecule is COC(=O)CCSP(=O)(OC(C)C)OC(C)CSP(=O)(OC(C)COP(=O)(OCC(C)C)OCC(C)C)OC(C)CSP(=O)(OCC(C)C)OCC(C)C. The van der Waals surface area contributed by atoms with Gasteiger partial charge in [0, 0.05) is 17.3 Å². The molecule has 0 aromatic rings. The highest BCUT2D eigenvalue weighted by molar-refractivity contribution is 8.56. The molecule has 0 fully saturated rings. The molecule has 0 heterocycles. The van der Waals surface area contributed by atoms with E-state index in [9.17, 15) is 23.1 Å². The van der Waals surface area contributed by atoms with Crippen LogP contribution in [0.4, 0.5) is 0 Å². The molecule has 0 radical (unpaired) electrons. The average Bonchev–Trinajstić information content (AvgIpc) is 3.05. The molecule has 0 saturated carbocycles. The Labute approximate surface area is 337 Å². The first-order valence-electron chi connectivity index (χ1n) is 18.2. The van der Waals surface area contributed by atoms with Gasteiger partial charge in [-0.1, -0.05) is 55.4 Å². The fraction of sp³-hybridized carbons (Fsp3) is 0.969. The summed E-state index contributed by atoms with van der Waals surface area (Å²) in [5.74, 6) is 0.0622. The van der Waals surface area contributed by atoms with Crippen molar-refractivity contribution in [2.24, 2.45) is 23.7 Å². The molecule has 324 valence electrons. The van der Waals surface area contributed by atoms with Crippen molar-refractivity contribution >= 4 is 68.3 Å². The van der Waals surface area contributed by atoms with Gasteiger partial charge >= 0.3 is 34.2 Å². The number of hydrogen-bond acceptors (Lipinski definition) is 18. The van der Waals surface area contributed by atoms with E-state index in [0.717, 1.165) is 34.1 Å². The van der Waals surface area contributed by atoms with E-state index in [1.165, 1.54) is 7.11 Å². The van der Waals surface area contributed by atoms with Crippen LogP contribution in [0, 0.1) is 23.7 Å². The first-order chi connectivity index (χ1) is 24.8. The topological polar surface area (TPSA) is 178 Å². The van der Waals surface area contributed by atoms with Crippen molar-refractivity contribution in [2.45, 2.75) is 121 Å². The largest absolute Gasteiger partial charge is 0.474 e. The standard InChI is InChI=1S/C32H68O15P4S3/c1-24(2)17-39-48(34,40-18-25(3)4)41-21-29(11)45-51(37,47-30(12)22-53-49(35,42-19-26(5)6)43-20-27(7)8)54-23-31(13)46-50(36,44-28(9)10)52-16-15-32(33)38-14/h24-31H,15-23H2,1-14H3. The molecule has 0 rings (SSSR count). The fourth-order valence-corrected chi connectivity index (χ4v) is 16.7. The first-order valence-corrected chi connectivity index (χ1v) is 29.1. The zero-order chi connectivity index (χ0) is 41.8. The van der Waals surface area contributed by atoms with Crippen molar-refractivity contribution < 1.29 is 68.5 Å². The first kappa shape index (κ1) is 55.1. The highest BCUT2D eigenvalue weighted by Gasteiger charge is 2.37. The van der Waals surface area contributed by atoms with E-state index in [0.29, 0.717) is 0 Å². The molecule has 0 amide bonds. The van der Waals surface area contributed by atoms with Crippen molar-refractivity contribution in [3.05, 3.63) is 0 Å². The number of carbonyl (C=O) groups is 1. The normalized spacial score (nSPS) is 16.9. The van der Waals surface area contributed by atoms with Gasteiger partial charge in [0.25, 0.3) is 0 Å². The zero-order valence-electron chi connectivity index (χ0n) is 34.6. The maximum atomic E-state index is 14.4. The maximum absolute atomic E-state index is 14.4. The lowest BCUT2D eigenvalue weighted by atomic mass is 10.2. The summed E-state index contributed by atoms with van der Waals surface area (Å²) in [5, 5.41) is 0. The van der Waals surface area contributed by atoms with Crippen molar-refractivity contribution in [2.75, 3.05) is 57.4 Å². The molecule has 5 atom stereocenters. The molecule has 0 N–H and O–H groups in total. The van der Waals surface area contributed by atoms with Crippen molar-refractivity contribution in [3.8, 4) is 0 Å². The van der Waals surface area contributed by atoms with Crippen LogP contribution in [0.15, 0.2) is 0 Å². The van der Waals surface area contributed by atoms with Gasteiger partial charge < -0.3 is 13.8 Å². The number of methoxy groups -OCH3 is 1. The lowest BCUT2D eigenvalue weighted by Gasteiger charge is -2.28. The van der Waals surface area contributed by atoms with Crippen LogP contribution in [0.3, 0.4) is 0 Å². The van der Waals surface area contributed by atoms with E-state index in [2.05, 4.69) is 4.74 Å². The molecule has 0 aliphatic rings. The van der Waals surface area contributed by atoms with Gasteiger partial charge in [0.05, 0.1) is 71.0 Å². The average molecular weight is 913 g/mol. The molecule has 0 aromatic carbocycles. The number of hydrogen-bond donors (Lipinski definition) is 0. The Balaban J connectivity index is 6.10. The molecule has 0 spiro atoms. The van der Waals surface area contributed by atoms with E-state index in [4.69, 9.17) is 40.7 Å². The lowest BCUT2D eigenvalue weighted by molar-refractivity contribution is -0.140. The zero-order valence-corrected chi connectivity index (χ0v) is 40.6. The summed E-state index contributed by atoms with van der Waals surface area (Å²) >= 11 is 2.62. The second kappa shape index (κ2) is 27.8. The van der Waals surface area contributed by atoms with Crippen molar-refractivity contribution in [1.29, 1.82) is 0 Å². The molecule has 0 aliphatic heterocycles. The van der Waals surface area contributed by atoms with Crippen molar-refractivity contribution in [3.63, 3.8) is 0 Å². The summed E-state index contributed by atoms with van der Waals surface area (Å²) in [4.78, 5) is 11.6. The van der Waals surface area contributed by atoms with E-state index in [1.54, 1.807) is 34.6 Å². The Bertz CT molecular complexity index is 1150. The van der Waals surface area contributed by atoms with Crippen LogP contribution >= 0.6 is 62.4 Å². The molecule has 54 heavy (non-hydrogen) atoms. The number of rotatable bonds is 33. The Morgan fingerprint density at radius 3 is 1.26 bits per heavy atom. The van der Waals surface area contributed by atoms with Crippen LogP contribution in [-0.2, 0) is 68.5 Å². The van der Waals surface area contributed by atoms with E-state index < -0.39 is 58.6 Å². The van der Waals surface area contributed by atoms with Crippen LogP contribution in [-0.4, -0.2) is 87.8 Å². The minimum atomic E-state index is -4.10.